The Bertz CT molecular complexity index is 672. The Morgan fingerprint density at radius 2 is 1.87 bits per heavy atom. The molecule has 0 aliphatic carbocycles. The summed E-state index contributed by atoms with van der Waals surface area (Å²) in [6, 6.07) is 1.57. The van der Waals surface area contributed by atoms with Crippen molar-refractivity contribution in [3.63, 3.8) is 0 Å². The SMILES string of the molecule is CCC(=C(C(=O)O)C(=O)O)c1cc2c(c(CC)c1OC)OCO2. The molecule has 1 aliphatic heterocycles. The zero-order chi connectivity index (χ0) is 17.1. The summed E-state index contributed by atoms with van der Waals surface area (Å²) in [4.78, 5) is 22.7. The average molecular weight is 322 g/mol. The monoisotopic (exact) mass is 322 g/mol. The number of hydrogen-bond donors (Lipinski definition) is 2. The zero-order valence-corrected chi connectivity index (χ0v) is 13.1. The highest BCUT2D eigenvalue weighted by atomic mass is 16.7. The molecule has 0 saturated heterocycles. The van der Waals surface area contributed by atoms with Gasteiger partial charge in [-0.05, 0) is 24.5 Å². The highest BCUT2D eigenvalue weighted by Gasteiger charge is 2.29. The Hall–Kier alpha value is -2.70. The lowest BCUT2D eigenvalue weighted by Crippen LogP contribution is -2.14. The topological polar surface area (TPSA) is 102 Å². The van der Waals surface area contributed by atoms with Crippen LogP contribution in [0.2, 0.25) is 0 Å². The third kappa shape index (κ3) is 2.81. The van der Waals surface area contributed by atoms with Crippen LogP contribution >= 0.6 is 0 Å². The van der Waals surface area contributed by atoms with Crippen molar-refractivity contribution in [3.8, 4) is 17.2 Å². The van der Waals surface area contributed by atoms with Crippen LogP contribution in [0.5, 0.6) is 17.2 Å². The molecule has 2 N–H and O–H groups in total. The Balaban J connectivity index is 2.82. The lowest BCUT2D eigenvalue weighted by molar-refractivity contribution is -0.140. The van der Waals surface area contributed by atoms with Gasteiger partial charge in [-0.2, -0.15) is 0 Å². The summed E-state index contributed by atoms with van der Waals surface area (Å²) in [5.41, 5.74) is 0.621. The third-order valence-electron chi connectivity index (χ3n) is 3.68. The van der Waals surface area contributed by atoms with Gasteiger partial charge < -0.3 is 24.4 Å². The van der Waals surface area contributed by atoms with Crippen molar-refractivity contribution in [3.05, 3.63) is 22.8 Å². The third-order valence-corrected chi connectivity index (χ3v) is 3.68. The standard InChI is InChI=1S/C16H18O7/c1-4-8(12(15(17)18)16(19)20)10-6-11-14(23-7-22-11)9(5-2)13(10)21-3/h6H,4-5,7H2,1-3H3,(H,17,18)(H,19,20). The quantitative estimate of drug-likeness (QED) is 0.470. The van der Waals surface area contributed by atoms with Crippen molar-refractivity contribution in [2.24, 2.45) is 0 Å². The van der Waals surface area contributed by atoms with Crippen LogP contribution in [0, 0.1) is 0 Å². The number of carbonyl (C=O) groups is 2. The molecule has 1 heterocycles. The van der Waals surface area contributed by atoms with Crippen LogP contribution in [0.15, 0.2) is 11.6 Å². The normalized spacial score (nSPS) is 12.0. The van der Waals surface area contributed by atoms with E-state index < -0.39 is 17.5 Å². The van der Waals surface area contributed by atoms with E-state index in [-0.39, 0.29) is 18.8 Å². The summed E-state index contributed by atoms with van der Waals surface area (Å²) in [6.45, 7) is 3.65. The van der Waals surface area contributed by atoms with Gasteiger partial charge >= 0.3 is 11.9 Å². The minimum absolute atomic E-state index is 0.0603. The second kappa shape index (κ2) is 6.60. The van der Waals surface area contributed by atoms with Crippen molar-refractivity contribution >= 4 is 17.5 Å². The van der Waals surface area contributed by atoms with E-state index in [1.807, 2.05) is 6.92 Å². The summed E-state index contributed by atoms with van der Waals surface area (Å²) in [5, 5.41) is 18.5. The molecular weight excluding hydrogens is 304 g/mol. The predicted molar refractivity (Wildman–Crippen MR) is 81.0 cm³/mol. The number of fused-ring (bicyclic) bond motifs is 1. The van der Waals surface area contributed by atoms with Gasteiger partial charge in [-0.1, -0.05) is 13.8 Å². The minimum atomic E-state index is -1.49. The van der Waals surface area contributed by atoms with Crippen molar-refractivity contribution in [2.45, 2.75) is 26.7 Å². The first kappa shape index (κ1) is 16.7. The van der Waals surface area contributed by atoms with E-state index in [4.69, 9.17) is 14.2 Å². The van der Waals surface area contributed by atoms with Gasteiger partial charge in [0, 0.05) is 11.1 Å². The van der Waals surface area contributed by atoms with Crippen LogP contribution in [0.4, 0.5) is 0 Å². The number of allylic oxidation sites excluding steroid dienone is 1. The number of methoxy groups -OCH3 is 1. The van der Waals surface area contributed by atoms with E-state index in [0.717, 1.165) is 5.56 Å². The molecule has 1 aromatic rings. The molecule has 23 heavy (non-hydrogen) atoms. The Morgan fingerprint density at radius 3 is 2.35 bits per heavy atom. The molecule has 7 heteroatoms. The Kier molecular flexibility index (Phi) is 4.78. The summed E-state index contributed by atoms with van der Waals surface area (Å²) >= 11 is 0. The minimum Gasteiger partial charge on any atom is -0.496 e. The van der Waals surface area contributed by atoms with Gasteiger partial charge in [0.2, 0.25) is 6.79 Å². The largest absolute Gasteiger partial charge is 0.496 e. The van der Waals surface area contributed by atoms with Gasteiger partial charge in [0.15, 0.2) is 11.5 Å². The lowest BCUT2D eigenvalue weighted by atomic mass is 9.93. The summed E-state index contributed by atoms with van der Waals surface area (Å²) in [7, 11) is 1.45. The average Bonchev–Trinajstić information content (AvgIpc) is 2.97. The summed E-state index contributed by atoms with van der Waals surface area (Å²) in [5.74, 6) is -1.57. The number of carboxylic acids is 2. The number of hydrogen-bond acceptors (Lipinski definition) is 5. The first-order valence-electron chi connectivity index (χ1n) is 7.15. The van der Waals surface area contributed by atoms with Gasteiger partial charge in [-0.25, -0.2) is 9.59 Å². The van der Waals surface area contributed by atoms with Gasteiger partial charge in [-0.15, -0.1) is 0 Å². The van der Waals surface area contributed by atoms with Gasteiger partial charge in [0.25, 0.3) is 0 Å². The van der Waals surface area contributed by atoms with Crippen LogP contribution in [-0.4, -0.2) is 36.1 Å². The van der Waals surface area contributed by atoms with Crippen molar-refractivity contribution < 1.29 is 34.0 Å². The van der Waals surface area contributed by atoms with Crippen LogP contribution in [0.25, 0.3) is 5.57 Å². The van der Waals surface area contributed by atoms with Crippen molar-refractivity contribution in [1.29, 1.82) is 0 Å². The Labute approximate surface area is 133 Å². The highest BCUT2D eigenvalue weighted by Crippen LogP contribution is 2.46. The van der Waals surface area contributed by atoms with E-state index >= 15 is 0 Å². The zero-order valence-electron chi connectivity index (χ0n) is 13.1. The molecule has 2 rings (SSSR count). The second-order valence-corrected chi connectivity index (χ2v) is 4.84. The first-order valence-corrected chi connectivity index (χ1v) is 7.15. The van der Waals surface area contributed by atoms with Crippen LogP contribution < -0.4 is 14.2 Å². The molecule has 7 nitrogen and oxygen atoms in total. The molecule has 0 saturated carbocycles. The summed E-state index contributed by atoms with van der Waals surface area (Å²) < 4.78 is 16.2. The molecule has 0 fully saturated rings. The second-order valence-electron chi connectivity index (χ2n) is 4.84. The Morgan fingerprint density at radius 1 is 1.22 bits per heavy atom. The maximum absolute atomic E-state index is 11.4. The van der Waals surface area contributed by atoms with Crippen molar-refractivity contribution in [1.82, 2.24) is 0 Å². The van der Waals surface area contributed by atoms with E-state index in [1.165, 1.54) is 7.11 Å². The molecule has 0 atom stereocenters. The maximum atomic E-state index is 11.4. The molecule has 0 unspecified atom stereocenters. The van der Waals surface area contributed by atoms with Crippen LogP contribution in [0.1, 0.15) is 31.4 Å². The molecule has 0 bridgehead atoms. The highest BCUT2D eigenvalue weighted by molar-refractivity contribution is 6.19. The van der Waals surface area contributed by atoms with Crippen molar-refractivity contribution in [2.75, 3.05) is 13.9 Å². The number of ether oxygens (including phenoxy) is 3. The van der Waals surface area contributed by atoms with E-state index in [0.29, 0.717) is 29.2 Å². The molecule has 0 spiro atoms. The first-order chi connectivity index (χ1) is 11.0. The van der Waals surface area contributed by atoms with E-state index in [1.54, 1.807) is 13.0 Å². The fourth-order valence-electron chi connectivity index (χ4n) is 2.72. The fourth-order valence-corrected chi connectivity index (χ4v) is 2.72. The molecule has 0 radical (unpaired) electrons. The lowest BCUT2D eigenvalue weighted by Gasteiger charge is -2.17. The number of benzene rings is 1. The number of aliphatic carboxylic acids is 2. The molecule has 0 aromatic heterocycles. The van der Waals surface area contributed by atoms with E-state index in [2.05, 4.69) is 0 Å². The van der Waals surface area contributed by atoms with E-state index in [9.17, 15) is 19.8 Å². The molecule has 124 valence electrons. The van der Waals surface area contributed by atoms with Gasteiger partial charge in [-0.3, -0.25) is 0 Å². The number of rotatable bonds is 6. The smallest absolute Gasteiger partial charge is 0.343 e. The van der Waals surface area contributed by atoms with Crippen LogP contribution in [-0.2, 0) is 16.0 Å². The molecule has 1 aliphatic rings. The summed E-state index contributed by atoms with van der Waals surface area (Å²) in [6.07, 6.45) is 0.780. The van der Waals surface area contributed by atoms with Gasteiger partial charge in [0.1, 0.15) is 11.3 Å². The fraction of sp³-hybridized carbons (Fsp3) is 0.375. The maximum Gasteiger partial charge on any atom is 0.343 e. The molecule has 1 aromatic carbocycles. The predicted octanol–water partition coefficient (Wildman–Crippen LogP) is 2.32. The number of carboxylic acid groups (broad SMARTS) is 2. The van der Waals surface area contributed by atoms with Gasteiger partial charge in [0.05, 0.1) is 7.11 Å². The molecule has 0 amide bonds. The molecular formula is C16H18O7. The van der Waals surface area contributed by atoms with Crippen LogP contribution in [0.3, 0.4) is 0 Å².